The van der Waals surface area contributed by atoms with E-state index in [9.17, 15) is 24.3 Å². The van der Waals surface area contributed by atoms with Gasteiger partial charge in [0.2, 0.25) is 11.8 Å². The Morgan fingerprint density at radius 1 is 1.08 bits per heavy atom. The van der Waals surface area contributed by atoms with Crippen LogP contribution in [0, 0.1) is 23.2 Å². The number of hydrazine groups is 1. The number of cyclic esters (lactones) is 1. The van der Waals surface area contributed by atoms with Gasteiger partial charge >= 0.3 is 5.97 Å². The molecule has 4 heterocycles. The van der Waals surface area contributed by atoms with Crippen LogP contribution >= 0.6 is 54.0 Å². The van der Waals surface area contributed by atoms with Crippen molar-refractivity contribution < 1.29 is 33.8 Å². The second-order valence-electron chi connectivity index (χ2n) is 18.1. The molecule has 352 valence electrons. The van der Waals surface area contributed by atoms with Gasteiger partial charge in [-0.05, 0) is 103 Å². The zero-order valence-electron chi connectivity index (χ0n) is 38.2. The number of methoxy groups -OCH3 is 1. The Kier molecular flexibility index (Phi) is 19.2. The summed E-state index contributed by atoms with van der Waals surface area (Å²) < 4.78 is 14.0. The molecule has 6 bridgehead atoms. The maximum Gasteiger partial charge on any atom is 0.324 e. The molecule has 3 N–H and O–H groups in total. The monoisotopic (exact) mass is 956 g/mol. The van der Waals surface area contributed by atoms with Crippen molar-refractivity contribution in [1.29, 1.82) is 0 Å². The van der Waals surface area contributed by atoms with Crippen LogP contribution in [0.3, 0.4) is 0 Å². The SMILES string of the molecule is CCn1c(-c2cnccc2COC)c2c3cc(ccc31)-c1cc(O)cc(c1)C[C@H](NC(=O)[C@H](C(C)C)N(C)C(=O)C1C[C@@H]1C)C(=O)N1CCC[C@H](N1)C(=O)OCC(C)(C)C2.S.S.S.S. The number of carbonyl (C=O) groups excluding carboxylic acids is 4. The second-order valence-corrected chi connectivity index (χ2v) is 18.1. The van der Waals surface area contributed by atoms with E-state index in [0.29, 0.717) is 44.5 Å². The van der Waals surface area contributed by atoms with Crippen LogP contribution in [0.15, 0.2) is 54.9 Å². The van der Waals surface area contributed by atoms with E-state index in [1.165, 1.54) is 9.91 Å². The molecule has 5 atom stereocenters. The molecule has 3 aliphatic rings. The summed E-state index contributed by atoms with van der Waals surface area (Å²) in [5, 5.41) is 16.7. The number of hydrogen-bond acceptors (Lipinski definition) is 9. The van der Waals surface area contributed by atoms with Crippen LogP contribution in [0.1, 0.15) is 77.5 Å². The first-order chi connectivity index (χ1) is 28.6. The zero-order chi connectivity index (χ0) is 43.0. The number of amides is 3. The molecule has 1 aliphatic carbocycles. The van der Waals surface area contributed by atoms with E-state index in [2.05, 4.69) is 53.2 Å². The molecule has 3 amide bonds. The molecule has 1 saturated carbocycles. The summed E-state index contributed by atoms with van der Waals surface area (Å²) in [5.74, 6) is -1.47. The molecule has 13 nitrogen and oxygen atoms in total. The van der Waals surface area contributed by atoms with Gasteiger partial charge < -0.3 is 29.4 Å². The summed E-state index contributed by atoms with van der Waals surface area (Å²) in [5.41, 5.74) is 9.94. The number of benzene rings is 2. The number of pyridine rings is 1. The molecule has 0 radical (unpaired) electrons. The van der Waals surface area contributed by atoms with Gasteiger partial charge in [-0.15, -0.1) is 0 Å². The summed E-state index contributed by atoms with van der Waals surface area (Å²) in [6.45, 7) is 13.6. The third-order valence-corrected chi connectivity index (χ3v) is 12.4. The lowest BCUT2D eigenvalue weighted by molar-refractivity contribution is -0.155. The Labute approximate surface area is 405 Å². The lowest BCUT2D eigenvalue weighted by atomic mass is 9.84. The van der Waals surface area contributed by atoms with Gasteiger partial charge in [0.15, 0.2) is 0 Å². The highest BCUT2D eigenvalue weighted by molar-refractivity contribution is 7.59. The lowest BCUT2D eigenvalue weighted by Crippen LogP contribution is -2.62. The highest BCUT2D eigenvalue weighted by Gasteiger charge is 2.44. The highest BCUT2D eigenvalue weighted by atomic mass is 32.1. The Balaban J connectivity index is 0.00000272. The van der Waals surface area contributed by atoms with Gasteiger partial charge in [-0.1, -0.05) is 46.8 Å². The number of aromatic hydroxyl groups is 1. The van der Waals surface area contributed by atoms with Crippen LogP contribution in [0.4, 0.5) is 0 Å². The molecule has 7 rings (SSSR count). The molecule has 64 heavy (non-hydrogen) atoms. The number of esters is 1. The van der Waals surface area contributed by atoms with E-state index in [0.717, 1.165) is 50.8 Å². The molecule has 2 aromatic carbocycles. The number of rotatable bonds is 9. The summed E-state index contributed by atoms with van der Waals surface area (Å²) in [6.07, 6.45) is 6.07. The number of nitrogens with zero attached hydrogens (tertiary/aromatic N) is 4. The van der Waals surface area contributed by atoms with Gasteiger partial charge in [-0.2, -0.15) is 54.0 Å². The lowest BCUT2D eigenvalue weighted by Gasteiger charge is -2.36. The minimum absolute atomic E-state index is 0. The van der Waals surface area contributed by atoms with Crippen LogP contribution < -0.4 is 10.7 Å². The Morgan fingerprint density at radius 3 is 2.45 bits per heavy atom. The van der Waals surface area contributed by atoms with Gasteiger partial charge in [0.25, 0.3) is 5.91 Å². The fourth-order valence-corrected chi connectivity index (χ4v) is 9.18. The van der Waals surface area contributed by atoms with E-state index >= 15 is 0 Å². The average Bonchev–Trinajstić information content (AvgIpc) is 3.88. The van der Waals surface area contributed by atoms with Crippen molar-refractivity contribution in [3.8, 4) is 28.1 Å². The third-order valence-electron chi connectivity index (χ3n) is 12.4. The summed E-state index contributed by atoms with van der Waals surface area (Å²) in [6, 6.07) is 10.8. The number of likely N-dealkylation sites (N-methyl/N-ethyl adjacent to an activating group) is 1. The Bertz CT molecular complexity index is 2300. The van der Waals surface area contributed by atoms with Crippen molar-refractivity contribution in [3.05, 3.63) is 71.5 Å². The number of aromatic nitrogens is 2. The molecule has 2 fully saturated rings. The number of nitrogens with one attached hydrogen (secondary N) is 2. The molecule has 4 aromatic rings. The van der Waals surface area contributed by atoms with Crippen molar-refractivity contribution in [2.45, 2.75) is 105 Å². The fraction of sp³-hybridized carbons (Fsp3) is 0.511. The highest BCUT2D eigenvalue weighted by Crippen LogP contribution is 2.42. The van der Waals surface area contributed by atoms with Crippen LogP contribution in [0.5, 0.6) is 5.75 Å². The Morgan fingerprint density at radius 2 is 1.80 bits per heavy atom. The van der Waals surface area contributed by atoms with Crippen LogP contribution in [0.25, 0.3) is 33.3 Å². The maximum atomic E-state index is 14.6. The Hall–Kier alpha value is -3.87. The quantitative estimate of drug-likeness (QED) is 0.160. The van der Waals surface area contributed by atoms with Gasteiger partial charge in [0, 0.05) is 73.9 Å². The molecule has 0 spiro atoms. The smallest absolute Gasteiger partial charge is 0.324 e. The first kappa shape index (κ1) is 54.5. The van der Waals surface area contributed by atoms with Crippen molar-refractivity contribution in [3.63, 3.8) is 0 Å². The van der Waals surface area contributed by atoms with E-state index in [4.69, 9.17) is 9.47 Å². The summed E-state index contributed by atoms with van der Waals surface area (Å²) >= 11 is 0. The standard InChI is InChI=1S/C47H60N6O7.4H2S/c1-9-52-40-13-12-30-22-35(40)36(42(52)37-24-48-15-14-31(37)25-59-8)23-47(5,6)26-60-46(58)38-11-10-16-53(50-38)45(57)39(20-29-18-32(30)21-33(54)19-29)49-43(55)41(27(2)3)51(7)44(56)34-17-28(34)4;;;;/h12-15,18-19,21-22,24,27-28,34,38-39,41,50,54H,9-11,16-17,20,23,25-26H2,1-8H3,(H,49,55);4*1H2/t28-,34?,38-,39-,41-;;;;/m0..../s1. The first-order valence-corrected chi connectivity index (χ1v) is 21.3. The number of ether oxygens (including phenoxy) is 2. The summed E-state index contributed by atoms with van der Waals surface area (Å²) in [4.78, 5) is 62.1. The van der Waals surface area contributed by atoms with E-state index in [1.807, 2.05) is 45.2 Å². The van der Waals surface area contributed by atoms with Crippen LogP contribution in [0.2, 0.25) is 0 Å². The average molecular weight is 957 g/mol. The summed E-state index contributed by atoms with van der Waals surface area (Å²) in [7, 11) is 3.34. The van der Waals surface area contributed by atoms with Gasteiger partial charge in [0.05, 0.1) is 18.9 Å². The van der Waals surface area contributed by atoms with Gasteiger partial charge in [-0.25, -0.2) is 5.43 Å². The van der Waals surface area contributed by atoms with E-state index < -0.39 is 41.3 Å². The van der Waals surface area contributed by atoms with E-state index in [-0.39, 0.29) is 96.4 Å². The van der Waals surface area contributed by atoms with Crippen molar-refractivity contribution in [2.75, 3.05) is 27.3 Å². The predicted octanol–water partition coefficient (Wildman–Crippen LogP) is 6.48. The number of aryl methyl sites for hydroxylation is 1. The molecular formula is C47H68N6O7S4. The van der Waals surface area contributed by atoms with Crippen LogP contribution in [-0.2, 0) is 54.6 Å². The number of phenols is 1. The second kappa shape index (κ2) is 22.6. The van der Waals surface area contributed by atoms with Gasteiger partial charge in [-0.3, -0.25) is 29.2 Å². The van der Waals surface area contributed by atoms with Crippen molar-refractivity contribution >= 4 is 88.6 Å². The van der Waals surface area contributed by atoms with Crippen molar-refractivity contribution in [2.24, 2.45) is 23.2 Å². The minimum Gasteiger partial charge on any atom is -0.508 e. The molecule has 1 saturated heterocycles. The number of carbonyl (C=O) groups is 4. The normalized spacial score (nSPS) is 20.9. The van der Waals surface area contributed by atoms with Gasteiger partial charge in [0.1, 0.15) is 23.9 Å². The molecular weight excluding hydrogens is 889 g/mol. The van der Waals surface area contributed by atoms with Crippen molar-refractivity contribution in [1.82, 2.24) is 30.2 Å². The molecule has 2 aromatic heterocycles. The molecule has 1 unspecified atom stereocenters. The number of hydrogen-bond donors (Lipinski definition) is 3. The number of phenolic OH excluding ortho intramolecular Hbond substituents is 1. The fourth-order valence-electron chi connectivity index (χ4n) is 9.18. The molecule has 2 aliphatic heterocycles. The predicted molar refractivity (Wildman–Crippen MR) is 271 cm³/mol. The van der Waals surface area contributed by atoms with Crippen LogP contribution in [-0.4, -0.2) is 93.7 Å². The largest absolute Gasteiger partial charge is 0.508 e. The maximum absolute atomic E-state index is 14.6. The molecule has 17 heteroatoms. The first-order valence-electron chi connectivity index (χ1n) is 21.3. The zero-order valence-corrected chi connectivity index (χ0v) is 42.2. The third kappa shape index (κ3) is 11.6. The van der Waals surface area contributed by atoms with E-state index in [1.54, 1.807) is 32.5 Å². The topological polar surface area (TPSA) is 155 Å². The minimum atomic E-state index is -1.09. The number of fused-ring (bicyclic) bond motifs is 6.